The molecule has 2 N–H and O–H groups in total. The predicted molar refractivity (Wildman–Crippen MR) is 79.4 cm³/mol. The molecule has 0 aliphatic carbocycles. The van der Waals surface area contributed by atoms with Crippen LogP contribution in [-0.2, 0) is 0 Å². The lowest BCUT2D eigenvalue weighted by Gasteiger charge is -2.21. The van der Waals surface area contributed by atoms with Gasteiger partial charge in [-0.3, -0.25) is 4.79 Å². The van der Waals surface area contributed by atoms with E-state index >= 15 is 0 Å². The molecular weight excluding hydrogens is 307 g/mol. The fourth-order valence-corrected chi connectivity index (χ4v) is 2.19. The molecule has 0 saturated carbocycles. The molecule has 0 aromatic heterocycles. The maximum atomic E-state index is 13.2. The first-order valence-electron chi connectivity index (χ1n) is 6.99. The number of halogens is 3. The van der Waals surface area contributed by atoms with Crippen molar-refractivity contribution < 1.29 is 23.1 Å². The molecule has 122 valence electrons. The summed E-state index contributed by atoms with van der Waals surface area (Å²) in [6.45, 7) is 3.17. The summed E-state index contributed by atoms with van der Waals surface area (Å²) in [5, 5.41) is 12.7. The predicted octanol–water partition coefficient (Wildman–Crippen LogP) is 3.26. The van der Waals surface area contributed by atoms with Gasteiger partial charge >= 0.3 is 0 Å². The molecule has 0 heterocycles. The molecule has 2 atom stereocenters. The highest BCUT2D eigenvalue weighted by Crippen LogP contribution is 2.20. The largest absolute Gasteiger partial charge is 0.386 e. The molecule has 2 aromatic rings. The van der Waals surface area contributed by atoms with E-state index in [-0.39, 0.29) is 11.1 Å². The van der Waals surface area contributed by atoms with E-state index in [1.54, 1.807) is 6.92 Å². The Morgan fingerprint density at radius 1 is 1.09 bits per heavy atom. The van der Waals surface area contributed by atoms with Gasteiger partial charge in [-0.2, -0.15) is 0 Å². The summed E-state index contributed by atoms with van der Waals surface area (Å²) in [5.74, 6) is -3.21. The van der Waals surface area contributed by atoms with E-state index in [1.165, 1.54) is 25.1 Å². The van der Waals surface area contributed by atoms with Gasteiger partial charge in [0.25, 0.3) is 5.91 Å². The highest BCUT2D eigenvalue weighted by Gasteiger charge is 2.21. The second kappa shape index (κ2) is 6.83. The van der Waals surface area contributed by atoms with Crippen LogP contribution in [0.5, 0.6) is 0 Å². The molecule has 0 spiro atoms. The van der Waals surface area contributed by atoms with Crippen LogP contribution in [0.3, 0.4) is 0 Å². The number of aryl methyl sites for hydroxylation is 1. The number of amides is 1. The third-order valence-electron chi connectivity index (χ3n) is 3.56. The third-order valence-corrected chi connectivity index (χ3v) is 3.56. The van der Waals surface area contributed by atoms with Crippen LogP contribution in [0.15, 0.2) is 36.4 Å². The summed E-state index contributed by atoms with van der Waals surface area (Å²) in [7, 11) is 0. The zero-order chi connectivity index (χ0) is 17.1. The molecule has 0 aliphatic heterocycles. The molecule has 0 fully saturated rings. The van der Waals surface area contributed by atoms with Gasteiger partial charge in [0.05, 0.1) is 12.1 Å². The first-order valence-corrected chi connectivity index (χ1v) is 6.99. The van der Waals surface area contributed by atoms with E-state index in [2.05, 4.69) is 5.32 Å². The maximum absolute atomic E-state index is 13.2. The lowest BCUT2D eigenvalue weighted by Crippen LogP contribution is -2.37. The van der Waals surface area contributed by atoms with Gasteiger partial charge in [0.2, 0.25) is 0 Å². The van der Waals surface area contributed by atoms with Gasteiger partial charge in [0.15, 0.2) is 11.6 Å². The Kier molecular flexibility index (Phi) is 5.05. The number of aliphatic hydroxyl groups is 1. The fraction of sp³-hybridized carbons (Fsp3) is 0.235. The first kappa shape index (κ1) is 17.0. The van der Waals surface area contributed by atoms with Crippen molar-refractivity contribution in [3.63, 3.8) is 0 Å². The molecule has 2 rings (SSSR count). The molecule has 2 aromatic carbocycles. The Bertz CT molecular complexity index is 734. The van der Waals surface area contributed by atoms with E-state index in [0.717, 1.165) is 18.2 Å². The zero-order valence-corrected chi connectivity index (χ0v) is 12.6. The Labute approximate surface area is 131 Å². The number of rotatable bonds is 4. The van der Waals surface area contributed by atoms with Crippen molar-refractivity contribution in [1.82, 2.24) is 5.32 Å². The maximum Gasteiger partial charge on any atom is 0.251 e. The quantitative estimate of drug-likeness (QED) is 0.907. The van der Waals surface area contributed by atoms with E-state index in [1.807, 2.05) is 0 Å². The number of hydrogen-bond donors (Lipinski definition) is 2. The van der Waals surface area contributed by atoms with Crippen molar-refractivity contribution in [1.29, 1.82) is 0 Å². The van der Waals surface area contributed by atoms with Gasteiger partial charge in [-0.05, 0) is 49.2 Å². The lowest BCUT2D eigenvalue weighted by atomic mass is 10.0. The monoisotopic (exact) mass is 323 g/mol. The van der Waals surface area contributed by atoms with Gasteiger partial charge in [-0.25, -0.2) is 13.2 Å². The van der Waals surface area contributed by atoms with Crippen LogP contribution in [0.1, 0.15) is 34.5 Å². The van der Waals surface area contributed by atoms with Gasteiger partial charge in [0, 0.05) is 5.56 Å². The van der Waals surface area contributed by atoms with Crippen LogP contribution < -0.4 is 5.32 Å². The second-order valence-electron chi connectivity index (χ2n) is 5.34. The zero-order valence-electron chi connectivity index (χ0n) is 12.6. The van der Waals surface area contributed by atoms with Gasteiger partial charge in [-0.1, -0.05) is 12.1 Å². The summed E-state index contributed by atoms with van der Waals surface area (Å²) in [5.41, 5.74) is 0.861. The summed E-state index contributed by atoms with van der Waals surface area (Å²) >= 11 is 0. The number of aliphatic hydroxyl groups excluding tert-OH is 1. The average Bonchev–Trinajstić information content (AvgIpc) is 2.51. The fourth-order valence-electron chi connectivity index (χ4n) is 2.19. The smallest absolute Gasteiger partial charge is 0.251 e. The normalized spacial score (nSPS) is 13.5. The molecule has 0 radical (unpaired) electrons. The molecule has 0 aliphatic rings. The van der Waals surface area contributed by atoms with E-state index in [0.29, 0.717) is 5.56 Å². The number of nitrogens with one attached hydrogen (secondary N) is 1. The summed E-state index contributed by atoms with van der Waals surface area (Å²) in [6, 6.07) is 6.04. The van der Waals surface area contributed by atoms with Crippen LogP contribution in [0.2, 0.25) is 0 Å². The Morgan fingerprint density at radius 2 is 1.78 bits per heavy atom. The van der Waals surface area contributed by atoms with Crippen molar-refractivity contribution in [2.45, 2.75) is 26.0 Å². The van der Waals surface area contributed by atoms with E-state index in [4.69, 9.17) is 0 Å². The second-order valence-corrected chi connectivity index (χ2v) is 5.34. The molecule has 3 nitrogen and oxygen atoms in total. The van der Waals surface area contributed by atoms with Crippen molar-refractivity contribution in [2.24, 2.45) is 0 Å². The molecule has 23 heavy (non-hydrogen) atoms. The number of benzene rings is 2. The van der Waals surface area contributed by atoms with Crippen molar-refractivity contribution in [3.8, 4) is 0 Å². The SMILES string of the molecule is Cc1ccc(F)cc1C(=O)NC(C)C(O)c1ccc(F)c(F)c1. The van der Waals surface area contributed by atoms with Crippen LogP contribution in [-0.4, -0.2) is 17.1 Å². The third kappa shape index (κ3) is 3.90. The number of carbonyl (C=O) groups excluding carboxylic acids is 1. The Balaban J connectivity index is 2.14. The summed E-state index contributed by atoms with van der Waals surface area (Å²) in [6.07, 6.45) is -1.23. The standard InChI is InChI=1S/C17H16F3NO2/c1-9-3-5-12(18)8-13(9)17(23)21-10(2)16(22)11-4-6-14(19)15(20)7-11/h3-8,10,16,22H,1-2H3,(H,21,23). The van der Waals surface area contributed by atoms with Crippen molar-refractivity contribution in [2.75, 3.05) is 0 Å². The minimum atomic E-state index is -1.23. The molecular formula is C17H16F3NO2. The van der Waals surface area contributed by atoms with Crippen molar-refractivity contribution in [3.05, 3.63) is 70.5 Å². The van der Waals surface area contributed by atoms with Crippen LogP contribution >= 0.6 is 0 Å². The van der Waals surface area contributed by atoms with E-state index < -0.39 is 35.5 Å². The van der Waals surface area contributed by atoms with Crippen LogP contribution in [0.4, 0.5) is 13.2 Å². The highest BCUT2D eigenvalue weighted by molar-refractivity contribution is 5.95. The molecule has 1 amide bonds. The first-order chi connectivity index (χ1) is 10.8. The van der Waals surface area contributed by atoms with Gasteiger partial charge in [0.1, 0.15) is 5.82 Å². The highest BCUT2D eigenvalue weighted by atomic mass is 19.2. The summed E-state index contributed by atoms with van der Waals surface area (Å²) in [4.78, 5) is 12.2. The van der Waals surface area contributed by atoms with Crippen LogP contribution in [0, 0.1) is 24.4 Å². The van der Waals surface area contributed by atoms with Gasteiger partial charge in [-0.15, -0.1) is 0 Å². The average molecular weight is 323 g/mol. The van der Waals surface area contributed by atoms with Gasteiger partial charge < -0.3 is 10.4 Å². The van der Waals surface area contributed by atoms with Crippen molar-refractivity contribution >= 4 is 5.91 Å². The molecule has 0 saturated heterocycles. The Morgan fingerprint density at radius 3 is 2.43 bits per heavy atom. The molecule has 0 bridgehead atoms. The lowest BCUT2D eigenvalue weighted by molar-refractivity contribution is 0.0850. The Hall–Kier alpha value is -2.34. The van der Waals surface area contributed by atoms with Crippen LogP contribution in [0.25, 0.3) is 0 Å². The number of hydrogen-bond acceptors (Lipinski definition) is 2. The number of carbonyl (C=O) groups is 1. The minimum absolute atomic E-state index is 0.132. The minimum Gasteiger partial charge on any atom is -0.386 e. The topological polar surface area (TPSA) is 49.3 Å². The molecule has 2 unspecified atom stereocenters. The molecule has 6 heteroatoms. The van der Waals surface area contributed by atoms with E-state index in [9.17, 15) is 23.1 Å². The summed E-state index contributed by atoms with van der Waals surface area (Å²) < 4.78 is 39.4.